The third-order valence-electron chi connectivity index (χ3n) is 4.67. The standard InChI is InChI=1S/C24H24N6O2/c1-15-5-7-19(8-6-15)27-24(31)28-20-9-11-21(12-10-20)32-23-14-22(25-18(4)26-23)30-17(3)13-16(2)29-30/h5-14H,1-4H3,(H2,27,28,31). The van der Waals surface area contributed by atoms with Crippen molar-refractivity contribution in [2.24, 2.45) is 0 Å². The van der Waals surface area contributed by atoms with Crippen LogP contribution < -0.4 is 15.4 Å². The van der Waals surface area contributed by atoms with E-state index < -0.39 is 0 Å². The third-order valence-corrected chi connectivity index (χ3v) is 4.67. The summed E-state index contributed by atoms with van der Waals surface area (Å²) in [7, 11) is 0. The number of carbonyl (C=O) groups excluding carboxylic acids is 1. The van der Waals surface area contributed by atoms with Crippen molar-refractivity contribution in [3.05, 3.63) is 83.4 Å². The number of nitrogens with one attached hydrogen (secondary N) is 2. The minimum atomic E-state index is -0.316. The van der Waals surface area contributed by atoms with Gasteiger partial charge in [0.15, 0.2) is 5.82 Å². The fourth-order valence-electron chi connectivity index (χ4n) is 3.20. The minimum absolute atomic E-state index is 0.316. The van der Waals surface area contributed by atoms with Crippen molar-refractivity contribution in [2.75, 3.05) is 10.6 Å². The molecule has 2 aromatic heterocycles. The molecule has 2 N–H and O–H groups in total. The van der Waals surface area contributed by atoms with Crippen molar-refractivity contribution in [1.82, 2.24) is 19.7 Å². The fraction of sp³-hybridized carbons (Fsp3) is 0.167. The van der Waals surface area contributed by atoms with Gasteiger partial charge in [-0.15, -0.1) is 0 Å². The first-order chi connectivity index (χ1) is 15.4. The molecule has 0 spiro atoms. The Morgan fingerprint density at radius 1 is 0.844 bits per heavy atom. The van der Waals surface area contributed by atoms with Crippen LogP contribution in [0.2, 0.25) is 0 Å². The van der Waals surface area contributed by atoms with Gasteiger partial charge in [-0.2, -0.15) is 10.1 Å². The minimum Gasteiger partial charge on any atom is -0.439 e. The van der Waals surface area contributed by atoms with Crippen LogP contribution in [0, 0.1) is 27.7 Å². The topological polar surface area (TPSA) is 94.0 Å². The quantitative estimate of drug-likeness (QED) is 0.448. The average molecular weight is 428 g/mol. The lowest BCUT2D eigenvalue weighted by atomic mass is 10.2. The molecule has 0 atom stereocenters. The maximum absolute atomic E-state index is 12.2. The number of ether oxygens (including phenoxy) is 1. The van der Waals surface area contributed by atoms with Crippen LogP contribution >= 0.6 is 0 Å². The number of hydrogen-bond acceptors (Lipinski definition) is 5. The second-order valence-electron chi connectivity index (χ2n) is 7.52. The smallest absolute Gasteiger partial charge is 0.323 e. The Kier molecular flexibility index (Phi) is 5.85. The maximum Gasteiger partial charge on any atom is 0.323 e. The van der Waals surface area contributed by atoms with Gasteiger partial charge in [0.2, 0.25) is 5.88 Å². The van der Waals surface area contributed by atoms with E-state index in [0.717, 1.165) is 22.6 Å². The van der Waals surface area contributed by atoms with Gasteiger partial charge in [0.05, 0.1) is 5.69 Å². The Labute approximate surface area is 186 Å². The summed E-state index contributed by atoms with van der Waals surface area (Å²) in [5.41, 5.74) is 4.39. The van der Waals surface area contributed by atoms with E-state index in [4.69, 9.17) is 4.74 Å². The molecule has 8 nitrogen and oxygen atoms in total. The van der Waals surface area contributed by atoms with Crippen molar-refractivity contribution in [1.29, 1.82) is 0 Å². The summed E-state index contributed by atoms with van der Waals surface area (Å²) in [6, 6.07) is 18.1. The zero-order valence-electron chi connectivity index (χ0n) is 18.4. The highest BCUT2D eigenvalue weighted by molar-refractivity contribution is 5.99. The molecule has 4 aromatic rings. The van der Waals surface area contributed by atoms with Gasteiger partial charge in [0, 0.05) is 23.1 Å². The first-order valence-electron chi connectivity index (χ1n) is 10.2. The summed E-state index contributed by atoms with van der Waals surface area (Å²) in [5, 5.41) is 10.1. The number of benzene rings is 2. The van der Waals surface area contributed by atoms with E-state index in [0.29, 0.717) is 29.0 Å². The van der Waals surface area contributed by atoms with Gasteiger partial charge < -0.3 is 15.4 Å². The van der Waals surface area contributed by atoms with Gasteiger partial charge in [-0.1, -0.05) is 17.7 Å². The highest BCUT2D eigenvalue weighted by atomic mass is 16.5. The molecule has 0 aliphatic carbocycles. The second kappa shape index (κ2) is 8.89. The first kappa shape index (κ1) is 21.0. The zero-order chi connectivity index (χ0) is 22.7. The van der Waals surface area contributed by atoms with Crippen LogP contribution in [0.4, 0.5) is 16.2 Å². The summed E-state index contributed by atoms with van der Waals surface area (Å²) in [5.74, 6) is 2.23. The van der Waals surface area contributed by atoms with Gasteiger partial charge in [-0.3, -0.25) is 0 Å². The predicted octanol–water partition coefficient (Wildman–Crippen LogP) is 5.33. The molecule has 2 aromatic carbocycles. The fourth-order valence-corrected chi connectivity index (χ4v) is 3.20. The summed E-state index contributed by atoms with van der Waals surface area (Å²) >= 11 is 0. The third kappa shape index (κ3) is 5.10. The SMILES string of the molecule is Cc1ccc(NC(=O)Nc2ccc(Oc3cc(-n4nc(C)cc4C)nc(C)n3)cc2)cc1. The second-order valence-corrected chi connectivity index (χ2v) is 7.52. The van der Waals surface area contributed by atoms with Crippen LogP contribution in [0.25, 0.3) is 5.82 Å². The van der Waals surface area contributed by atoms with Gasteiger partial charge in [0.25, 0.3) is 0 Å². The van der Waals surface area contributed by atoms with Crippen LogP contribution in [-0.2, 0) is 0 Å². The van der Waals surface area contributed by atoms with Crippen LogP contribution in [0.15, 0.2) is 60.7 Å². The van der Waals surface area contributed by atoms with E-state index >= 15 is 0 Å². The van der Waals surface area contributed by atoms with Crippen molar-refractivity contribution in [2.45, 2.75) is 27.7 Å². The number of amides is 2. The van der Waals surface area contributed by atoms with Crippen molar-refractivity contribution in [3.63, 3.8) is 0 Å². The molecule has 162 valence electrons. The number of nitrogens with zero attached hydrogens (tertiary/aromatic N) is 4. The van der Waals surface area contributed by atoms with Crippen LogP contribution in [0.3, 0.4) is 0 Å². The molecule has 2 amide bonds. The van der Waals surface area contributed by atoms with E-state index in [2.05, 4.69) is 25.7 Å². The number of aryl methyl sites for hydroxylation is 4. The summed E-state index contributed by atoms with van der Waals surface area (Å²) in [6.45, 7) is 7.71. The molecule has 2 heterocycles. The highest BCUT2D eigenvalue weighted by Gasteiger charge is 2.10. The number of carbonyl (C=O) groups is 1. The first-order valence-corrected chi connectivity index (χ1v) is 10.2. The number of anilines is 2. The van der Waals surface area contributed by atoms with Crippen LogP contribution in [0.5, 0.6) is 11.6 Å². The Hall–Kier alpha value is -4.20. The summed E-state index contributed by atoms with van der Waals surface area (Å²) in [6.07, 6.45) is 0. The van der Waals surface area contributed by atoms with E-state index in [-0.39, 0.29) is 6.03 Å². The van der Waals surface area contributed by atoms with E-state index in [1.165, 1.54) is 0 Å². The molecule has 0 aliphatic rings. The van der Waals surface area contributed by atoms with Gasteiger partial charge in [0.1, 0.15) is 11.6 Å². The van der Waals surface area contributed by atoms with Crippen LogP contribution in [0.1, 0.15) is 22.8 Å². The largest absolute Gasteiger partial charge is 0.439 e. The zero-order valence-corrected chi connectivity index (χ0v) is 18.4. The van der Waals surface area contributed by atoms with Gasteiger partial charge >= 0.3 is 6.03 Å². The summed E-state index contributed by atoms with van der Waals surface area (Å²) < 4.78 is 7.67. The average Bonchev–Trinajstić information content (AvgIpc) is 3.09. The van der Waals surface area contributed by atoms with E-state index in [9.17, 15) is 4.79 Å². The molecule has 4 rings (SSSR count). The lowest BCUT2D eigenvalue weighted by molar-refractivity contribution is 0.262. The monoisotopic (exact) mass is 428 g/mol. The lowest BCUT2D eigenvalue weighted by Crippen LogP contribution is -2.19. The van der Waals surface area contributed by atoms with Crippen LogP contribution in [-0.4, -0.2) is 25.8 Å². The van der Waals surface area contributed by atoms with E-state index in [1.54, 1.807) is 35.0 Å². The Balaban J connectivity index is 1.43. The Morgan fingerprint density at radius 2 is 1.47 bits per heavy atom. The molecule has 0 aliphatic heterocycles. The molecule has 0 radical (unpaired) electrons. The molecule has 0 fully saturated rings. The normalized spacial score (nSPS) is 10.6. The highest BCUT2D eigenvalue weighted by Crippen LogP contribution is 2.23. The molecule has 8 heteroatoms. The van der Waals surface area contributed by atoms with Crippen molar-refractivity contribution in [3.8, 4) is 17.4 Å². The van der Waals surface area contributed by atoms with E-state index in [1.807, 2.05) is 58.0 Å². The number of hydrogen-bond donors (Lipinski definition) is 2. The molecule has 0 unspecified atom stereocenters. The Morgan fingerprint density at radius 3 is 2.06 bits per heavy atom. The van der Waals surface area contributed by atoms with Crippen molar-refractivity contribution < 1.29 is 9.53 Å². The number of aromatic nitrogens is 4. The summed E-state index contributed by atoms with van der Waals surface area (Å²) in [4.78, 5) is 21.0. The molecule has 32 heavy (non-hydrogen) atoms. The predicted molar refractivity (Wildman–Crippen MR) is 124 cm³/mol. The van der Waals surface area contributed by atoms with Gasteiger partial charge in [-0.25, -0.2) is 14.5 Å². The maximum atomic E-state index is 12.2. The lowest BCUT2D eigenvalue weighted by Gasteiger charge is -2.10. The molecule has 0 bridgehead atoms. The Bertz CT molecular complexity index is 1250. The molecule has 0 saturated carbocycles. The number of rotatable bonds is 5. The molecular weight excluding hydrogens is 404 g/mol. The number of urea groups is 1. The molecule has 0 saturated heterocycles. The van der Waals surface area contributed by atoms with Gasteiger partial charge in [-0.05, 0) is 70.2 Å². The van der Waals surface area contributed by atoms with Crippen molar-refractivity contribution >= 4 is 17.4 Å². The molecular formula is C24H24N6O2.